The Balaban J connectivity index is 1.39. The molecule has 1 aromatic carbocycles. The van der Waals surface area contributed by atoms with Crippen LogP contribution in [0.5, 0.6) is 11.5 Å². The van der Waals surface area contributed by atoms with E-state index in [1.165, 1.54) is 11.1 Å². The molecule has 0 bridgehead atoms. The Bertz CT molecular complexity index is 665. The van der Waals surface area contributed by atoms with E-state index in [2.05, 4.69) is 39.4 Å². The lowest BCUT2D eigenvalue weighted by Gasteiger charge is -2.19. The van der Waals surface area contributed by atoms with Gasteiger partial charge in [0.15, 0.2) is 11.5 Å². The molecule has 6 nitrogen and oxygen atoms in total. The summed E-state index contributed by atoms with van der Waals surface area (Å²) in [4.78, 5) is 4.14. The molecule has 2 aromatic rings. The molecule has 0 amide bonds. The van der Waals surface area contributed by atoms with Gasteiger partial charge < -0.3 is 14.8 Å². The molecule has 1 fully saturated rings. The van der Waals surface area contributed by atoms with E-state index in [0.29, 0.717) is 12.7 Å². The minimum absolute atomic E-state index is 0.255. The van der Waals surface area contributed by atoms with E-state index >= 15 is 0 Å². The first-order chi connectivity index (χ1) is 11.4. The lowest BCUT2D eigenvalue weighted by molar-refractivity contribution is 0.174. The van der Waals surface area contributed by atoms with Gasteiger partial charge in [0.25, 0.3) is 0 Å². The van der Waals surface area contributed by atoms with Crippen molar-refractivity contribution < 1.29 is 9.47 Å². The van der Waals surface area contributed by atoms with Crippen LogP contribution in [0.25, 0.3) is 0 Å². The van der Waals surface area contributed by atoms with Gasteiger partial charge in [0, 0.05) is 37.9 Å². The summed E-state index contributed by atoms with van der Waals surface area (Å²) in [5.74, 6) is 2.12. The third-order valence-corrected chi connectivity index (χ3v) is 4.31. The van der Waals surface area contributed by atoms with Crippen LogP contribution in [-0.4, -0.2) is 24.9 Å². The number of hydrazine groups is 1. The van der Waals surface area contributed by atoms with Crippen LogP contribution in [0.4, 0.5) is 0 Å². The number of rotatable bonds is 5. The van der Waals surface area contributed by atoms with Gasteiger partial charge in [-0.05, 0) is 29.3 Å². The highest BCUT2D eigenvalue weighted by atomic mass is 16.7. The van der Waals surface area contributed by atoms with Gasteiger partial charge in [0.2, 0.25) is 6.79 Å². The van der Waals surface area contributed by atoms with E-state index in [1.54, 1.807) is 6.20 Å². The van der Waals surface area contributed by atoms with E-state index in [9.17, 15) is 0 Å². The van der Waals surface area contributed by atoms with Crippen LogP contribution in [0.2, 0.25) is 0 Å². The summed E-state index contributed by atoms with van der Waals surface area (Å²) in [6.07, 6.45) is 3.69. The first-order valence-electron chi connectivity index (χ1n) is 7.88. The van der Waals surface area contributed by atoms with E-state index in [1.807, 2.05) is 18.3 Å². The second kappa shape index (κ2) is 6.54. The zero-order valence-corrected chi connectivity index (χ0v) is 12.8. The van der Waals surface area contributed by atoms with Gasteiger partial charge in [-0.1, -0.05) is 12.1 Å². The molecule has 4 rings (SSSR count). The molecule has 6 heteroatoms. The minimum Gasteiger partial charge on any atom is -0.454 e. The fourth-order valence-electron chi connectivity index (χ4n) is 3.09. The van der Waals surface area contributed by atoms with Gasteiger partial charge in [-0.3, -0.25) is 10.4 Å². The molecule has 0 aliphatic carbocycles. The summed E-state index contributed by atoms with van der Waals surface area (Å²) in [6.45, 7) is 3.00. The van der Waals surface area contributed by atoms with E-state index in [0.717, 1.165) is 31.1 Å². The molecule has 1 aromatic heterocycles. The van der Waals surface area contributed by atoms with Crippen molar-refractivity contribution >= 4 is 0 Å². The largest absolute Gasteiger partial charge is 0.454 e. The molecular weight excluding hydrogens is 292 g/mol. The predicted molar refractivity (Wildman–Crippen MR) is 85.9 cm³/mol. The van der Waals surface area contributed by atoms with Crippen LogP contribution in [0.3, 0.4) is 0 Å². The highest BCUT2D eigenvalue weighted by molar-refractivity contribution is 5.45. The van der Waals surface area contributed by atoms with Crippen molar-refractivity contribution in [2.75, 3.05) is 19.9 Å². The Labute approximate surface area is 135 Å². The summed E-state index contributed by atoms with van der Waals surface area (Å²) in [6, 6.07) is 10.5. The molecule has 2 unspecified atom stereocenters. The number of pyridine rings is 1. The van der Waals surface area contributed by atoms with E-state index in [-0.39, 0.29) is 6.04 Å². The first kappa shape index (κ1) is 14.4. The van der Waals surface area contributed by atoms with Crippen LogP contribution in [-0.2, 0) is 6.54 Å². The van der Waals surface area contributed by atoms with Gasteiger partial charge in [-0.2, -0.15) is 0 Å². The van der Waals surface area contributed by atoms with Crippen LogP contribution in [0, 0.1) is 5.92 Å². The van der Waals surface area contributed by atoms with Crippen molar-refractivity contribution in [1.82, 2.24) is 21.2 Å². The third-order valence-electron chi connectivity index (χ3n) is 4.31. The summed E-state index contributed by atoms with van der Waals surface area (Å²) in [7, 11) is 0. The molecule has 0 spiro atoms. The Morgan fingerprint density at radius 3 is 3.09 bits per heavy atom. The topological polar surface area (TPSA) is 67.4 Å². The van der Waals surface area contributed by atoms with Gasteiger partial charge in [0.05, 0.1) is 6.04 Å². The maximum absolute atomic E-state index is 5.48. The SMILES string of the molecule is c1cncc(CNCC2CNNC2c2ccc3c(c2)OCO3)c1. The third kappa shape index (κ3) is 3.14. The number of ether oxygens (including phenoxy) is 2. The maximum atomic E-state index is 5.48. The number of hydrogen-bond acceptors (Lipinski definition) is 6. The average molecular weight is 312 g/mol. The van der Waals surface area contributed by atoms with Crippen molar-refractivity contribution in [2.45, 2.75) is 12.6 Å². The number of fused-ring (bicyclic) bond motifs is 1. The Morgan fingerprint density at radius 1 is 1.22 bits per heavy atom. The van der Waals surface area contributed by atoms with Crippen molar-refractivity contribution in [1.29, 1.82) is 0 Å². The molecular formula is C17H20N4O2. The predicted octanol–water partition coefficient (Wildman–Crippen LogP) is 1.37. The molecule has 2 aliphatic heterocycles. The van der Waals surface area contributed by atoms with Crippen molar-refractivity contribution in [3.8, 4) is 11.5 Å². The van der Waals surface area contributed by atoms with Crippen molar-refractivity contribution in [2.24, 2.45) is 5.92 Å². The van der Waals surface area contributed by atoms with Crippen molar-refractivity contribution in [3.05, 3.63) is 53.9 Å². The molecule has 3 N–H and O–H groups in total. The van der Waals surface area contributed by atoms with Gasteiger partial charge in [-0.25, -0.2) is 5.43 Å². The molecule has 120 valence electrons. The second-order valence-electron chi connectivity index (χ2n) is 5.87. The van der Waals surface area contributed by atoms with Crippen LogP contribution in [0.1, 0.15) is 17.2 Å². The van der Waals surface area contributed by atoms with E-state index < -0.39 is 0 Å². The molecule has 0 radical (unpaired) electrons. The Morgan fingerprint density at radius 2 is 2.17 bits per heavy atom. The summed E-state index contributed by atoms with van der Waals surface area (Å²) >= 11 is 0. The van der Waals surface area contributed by atoms with Gasteiger partial charge in [-0.15, -0.1) is 0 Å². The lowest BCUT2D eigenvalue weighted by Crippen LogP contribution is -2.28. The number of benzene rings is 1. The fourth-order valence-corrected chi connectivity index (χ4v) is 3.09. The highest BCUT2D eigenvalue weighted by Gasteiger charge is 2.29. The van der Waals surface area contributed by atoms with E-state index in [4.69, 9.17) is 9.47 Å². The van der Waals surface area contributed by atoms with Gasteiger partial charge >= 0.3 is 0 Å². The summed E-state index contributed by atoms with van der Waals surface area (Å²) < 4.78 is 10.9. The fraction of sp³-hybridized carbons (Fsp3) is 0.353. The van der Waals surface area contributed by atoms with Crippen LogP contribution >= 0.6 is 0 Å². The number of nitrogens with zero attached hydrogens (tertiary/aromatic N) is 1. The molecule has 3 heterocycles. The summed E-state index contributed by atoms with van der Waals surface area (Å²) in [5, 5.41) is 3.52. The normalized spacial score (nSPS) is 22.4. The lowest BCUT2D eigenvalue weighted by atomic mass is 9.94. The summed E-state index contributed by atoms with van der Waals surface area (Å²) in [5.41, 5.74) is 9.04. The molecule has 23 heavy (non-hydrogen) atoms. The number of aromatic nitrogens is 1. The number of hydrogen-bond donors (Lipinski definition) is 3. The molecule has 2 aliphatic rings. The highest BCUT2D eigenvalue weighted by Crippen LogP contribution is 2.36. The average Bonchev–Trinajstić information content (AvgIpc) is 3.24. The smallest absolute Gasteiger partial charge is 0.231 e. The second-order valence-corrected chi connectivity index (χ2v) is 5.87. The van der Waals surface area contributed by atoms with Crippen LogP contribution < -0.4 is 25.6 Å². The van der Waals surface area contributed by atoms with Crippen molar-refractivity contribution in [3.63, 3.8) is 0 Å². The Kier molecular flexibility index (Phi) is 4.10. The maximum Gasteiger partial charge on any atom is 0.231 e. The quantitative estimate of drug-likeness (QED) is 0.775. The molecule has 0 saturated carbocycles. The van der Waals surface area contributed by atoms with Crippen LogP contribution in [0.15, 0.2) is 42.7 Å². The Hall–Kier alpha value is -2.15. The standard InChI is InChI=1S/C17H20N4O2/c1-2-12(7-18-5-1)8-19-9-14-10-20-21-17(14)13-3-4-15-16(6-13)23-11-22-15/h1-7,14,17,19-21H,8-11H2. The number of nitrogens with one attached hydrogen (secondary N) is 3. The zero-order valence-electron chi connectivity index (χ0n) is 12.8. The minimum atomic E-state index is 0.255. The molecule has 2 atom stereocenters. The molecule has 1 saturated heterocycles. The van der Waals surface area contributed by atoms with Gasteiger partial charge in [0.1, 0.15) is 0 Å². The zero-order chi connectivity index (χ0) is 15.5. The monoisotopic (exact) mass is 312 g/mol. The first-order valence-corrected chi connectivity index (χ1v) is 7.88.